The fraction of sp³-hybridized carbons (Fsp3) is 0.118. The van der Waals surface area contributed by atoms with Crippen molar-refractivity contribution < 1.29 is 9.94 Å². The number of aromatic hydroxyl groups is 1. The third kappa shape index (κ3) is 6.40. The van der Waals surface area contributed by atoms with Gasteiger partial charge in [0.2, 0.25) is 0 Å². The molecular formula is C34H31N3O2. The molecule has 39 heavy (non-hydrogen) atoms. The summed E-state index contributed by atoms with van der Waals surface area (Å²) < 4.78 is 0. The summed E-state index contributed by atoms with van der Waals surface area (Å²) in [6, 6.07) is 32.1. The van der Waals surface area contributed by atoms with Crippen molar-refractivity contribution in [3.63, 3.8) is 0 Å². The zero-order chi connectivity index (χ0) is 27.2. The predicted octanol–water partition coefficient (Wildman–Crippen LogP) is 9.60. The van der Waals surface area contributed by atoms with Crippen molar-refractivity contribution in [3.8, 4) is 5.75 Å². The number of hydrogen-bond acceptors (Lipinski definition) is 5. The Hall–Kier alpha value is -4.74. The molecule has 0 atom stereocenters. The smallest absolute Gasteiger partial charge is 0.149 e. The predicted molar refractivity (Wildman–Crippen MR) is 161 cm³/mol. The largest absolute Gasteiger partial charge is 0.505 e. The number of rotatable bonds is 8. The highest BCUT2D eigenvalue weighted by Gasteiger charge is 2.13. The Labute approximate surface area is 229 Å². The number of nitrogens with zero attached hydrogens (tertiary/aromatic N) is 2. The molecule has 5 aromatic rings. The zero-order valence-corrected chi connectivity index (χ0v) is 22.3. The maximum absolute atomic E-state index is 11.1. The third-order valence-corrected chi connectivity index (χ3v) is 6.57. The molecule has 0 saturated heterocycles. The van der Waals surface area contributed by atoms with E-state index in [1.807, 2.05) is 73.7 Å². The number of anilines is 1. The lowest BCUT2D eigenvalue weighted by Crippen LogP contribution is -2.03. The molecule has 0 aliphatic rings. The number of azo groups is 1. The van der Waals surface area contributed by atoms with Gasteiger partial charge in [0.05, 0.1) is 11.4 Å². The van der Waals surface area contributed by atoms with Crippen LogP contribution in [0.3, 0.4) is 0 Å². The summed E-state index contributed by atoms with van der Waals surface area (Å²) in [4.78, 5) is 5.76. The van der Waals surface area contributed by atoms with Gasteiger partial charge in [0.25, 0.3) is 0 Å². The Kier molecular flexibility index (Phi) is 7.80. The van der Waals surface area contributed by atoms with Crippen LogP contribution in [0.1, 0.15) is 33.4 Å². The van der Waals surface area contributed by atoms with Crippen molar-refractivity contribution in [1.29, 1.82) is 0 Å². The lowest BCUT2D eigenvalue weighted by Gasteiger charge is -2.13. The minimum Gasteiger partial charge on any atom is -0.505 e. The van der Waals surface area contributed by atoms with Crippen molar-refractivity contribution in [3.05, 3.63) is 130 Å². The molecule has 0 heterocycles. The number of hydrogen-bond donors (Lipinski definition) is 2. The van der Waals surface area contributed by atoms with E-state index in [-0.39, 0.29) is 12.4 Å². The first-order chi connectivity index (χ1) is 19.0. The SMILES string of the molecule is Cc1ccc(/C=C/c2ccc(N=Nc3c(O)c(CONc4ccc(C)cc4C)cc4ccccc34)cc2)cc1. The van der Waals surface area contributed by atoms with E-state index in [1.54, 1.807) is 0 Å². The van der Waals surface area contributed by atoms with Crippen LogP contribution in [0, 0.1) is 20.8 Å². The first kappa shape index (κ1) is 25.9. The maximum atomic E-state index is 11.1. The van der Waals surface area contributed by atoms with Crippen molar-refractivity contribution in [2.45, 2.75) is 27.4 Å². The second-order valence-corrected chi connectivity index (χ2v) is 9.70. The molecule has 5 rings (SSSR count). The van der Waals surface area contributed by atoms with Gasteiger partial charge < -0.3 is 5.11 Å². The van der Waals surface area contributed by atoms with E-state index in [1.165, 1.54) is 11.1 Å². The van der Waals surface area contributed by atoms with Crippen LogP contribution in [0.4, 0.5) is 17.1 Å². The highest BCUT2D eigenvalue weighted by Crippen LogP contribution is 2.39. The molecule has 0 saturated carbocycles. The van der Waals surface area contributed by atoms with Crippen LogP contribution in [0.15, 0.2) is 107 Å². The number of aryl methyl sites for hydroxylation is 3. The molecule has 0 spiro atoms. The molecule has 0 aliphatic heterocycles. The summed E-state index contributed by atoms with van der Waals surface area (Å²) in [5, 5.41) is 21.8. The third-order valence-electron chi connectivity index (χ3n) is 6.57. The maximum Gasteiger partial charge on any atom is 0.149 e. The van der Waals surface area contributed by atoms with Gasteiger partial charge in [0.1, 0.15) is 18.0 Å². The summed E-state index contributed by atoms with van der Waals surface area (Å²) >= 11 is 0. The number of nitrogens with one attached hydrogen (secondary N) is 1. The first-order valence-electron chi connectivity index (χ1n) is 12.9. The Morgan fingerprint density at radius 3 is 2.13 bits per heavy atom. The van der Waals surface area contributed by atoms with Crippen molar-refractivity contribution in [2.24, 2.45) is 10.2 Å². The molecule has 0 aromatic heterocycles. The molecule has 194 valence electrons. The molecule has 0 fully saturated rings. The van der Waals surface area contributed by atoms with Gasteiger partial charge in [-0.3, -0.25) is 10.3 Å². The lowest BCUT2D eigenvalue weighted by molar-refractivity contribution is 0.177. The van der Waals surface area contributed by atoms with Crippen molar-refractivity contribution >= 4 is 40.0 Å². The molecule has 0 radical (unpaired) electrons. The second-order valence-electron chi connectivity index (χ2n) is 9.70. The Morgan fingerprint density at radius 2 is 1.41 bits per heavy atom. The lowest BCUT2D eigenvalue weighted by atomic mass is 10.0. The first-order valence-corrected chi connectivity index (χ1v) is 12.9. The van der Waals surface area contributed by atoms with Gasteiger partial charge >= 0.3 is 0 Å². The number of benzene rings is 5. The minimum atomic E-state index is 0.0533. The van der Waals surface area contributed by atoms with Gasteiger partial charge in [-0.1, -0.05) is 96.1 Å². The van der Waals surface area contributed by atoms with Crippen LogP contribution in [-0.2, 0) is 11.4 Å². The van der Waals surface area contributed by atoms with Crippen molar-refractivity contribution in [1.82, 2.24) is 0 Å². The number of fused-ring (bicyclic) bond motifs is 1. The Balaban J connectivity index is 1.34. The summed E-state index contributed by atoms with van der Waals surface area (Å²) in [6.07, 6.45) is 4.16. The zero-order valence-electron chi connectivity index (χ0n) is 22.3. The summed E-state index contributed by atoms with van der Waals surface area (Å²) in [6.45, 7) is 6.32. The Morgan fingerprint density at radius 1 is 0.744 bits per heavy atom. The van der Waals surface area contributed by atoms with Gasteiger partial charge in [-0.05, 0) is 67.1 Å². The van der Waals surface area contributed by atoms with Gasteiger partial charge in [-0.25, -0.2) is 0 Å². The molecular weight excluding hydrogens is 482 g/mol. The molecule has 0 unspecified atom stereocenters. The normalized spacial score (nSPS) is 11.6. The Bertz CT molecular complexity index is 1650. The van der Waals surface area contributed by atoms with Crippen LogP contribution < -0.4 is 5.48 Å². The molecule has 0 aliphatic carbocycles. The highest BCUT2D eigenvalue weighted by molar-refractivity contribution is 5.96. The van der Waals surface area contributed by atoms with Crippen LogP contribution in [0.2, 0.25) is 0 Å². The van der Waals surface area contributed by atoms with E-state index >= 15 is 0 Å². The van der Waals surface area contributed by atoms with Gasteiger partial charge in [0, 0.05) is 10.9 Å². The van der Waals surface area contributed by atoms with E-state index < -0.39 is 0 Å². The topological polar surface area (TPSA) is 66.2 Å². The minimum absolute atomic E-state index is 0.0533. The van der Waals surface area contributed by atoms with Crippen LogP contribution in [0.25, 0.3) is 22.9 Å². The quantitative estimate of drug-likeness (QED) is 0.123. The van der Waals surface area contributed by atoms with Crippen molar-refractivity contribution in [2.75, 3.05) is 5.48 Å². The number of phenolic OH excluding ortho intramolecular Hbond substituents is 1. The average molecular weight is 514 g/mol. The average Bonchev–Trinajstić information content (AvgIpc) is 2.94. The van der Waals surface area contributed by atoms with Gasteiger partial charge in [-0.15, -0.1) is 5.11 Å². The van der Waals surface area contributed by atoms with E-state index in [0.29, 0.717) is 16.9 Å². The van der Waals surface area contributed by atoms with E-state index in [4.69, 9.17) is 4.84 Å². The summed E-state index contributed by atoms with van der Waals surface area (Å²) in [5.41, 5.74) is 11.4. The number of phenols is 1. The van der Waals surface area contributed by atoms with Gasteiger partial charge in [-0.2, -0.15) is 5.11 Å². The molecule has 5 aromatic carbocycles. The fourth-order valence-corrected chi connectivity index (χ4v) is 4.34. The standard InChI is InChI=1S/C34H31N3O2/c1-23-8-11-26(12-9-23)13-14-27-15-17-30(18-16-27)35-36-33-31-7-5-4-6-28(31)21-29(34(33)38)22-39-37-32-19-10-24(2)20-25(32)3/h4-21,37-38H,22H2,1-3H3/b14-13+,36-35?. The van der Waals surface area contributed by atoms with E-state index in [9.17, 15) is 5.11 Å². The molecule has 5 nitrogen and oxygen atoms in total. The van der Waals surface area contributed by atoms with Crippen LogP contribution >= 0.6 is 0 Å². The van der Waals surface area contributed by atoms with Gasteiger partial charge in [0.15, 0.2) is 0 Å². The van der Waals surface area contributed by atoms with E-state index in [0.717, 1.165) is 33.2 Å². The fourth-order valence-electron chi connectivity index (χ4n) is 4.34. The highest BCUT2D eigenvalue weighted by atomic mass is 16.6. The molecule has 2 N–H and O–H groups in total. The summed E-state index contributed by atoms with van der Waals surface area (Å²) in [5.74, 6) is 0.0533. The molecule has 0 amide bonds. The van der Waals surface area contributed by atoms with Crippen LogP contribution in [0.5, 0.6) is 5.75 Å². The van der Waals surface area contributed by atoms with Crippen LogP contribution in [-0.4, -0.2) is 5.11 Å². The molecule has 5 heteroatoms. The second kappa shape index (κ2) is 11.8. The monoisotopic (exact) mass is 513 g/mol. The molecule has 0 bridgehead atoms. The van der Waals surface area contributed by atoms with E-state index in [2.05, 4.69) is 72.0 Å². The summed E-state index contributed by atoms with van der Waals surface area (Å²) in [7, 11) is 0.